The maximum absolute atomic E-state index is 15.1. The minimum Gasteiger partial charge on any atom is -0.320 e. The highest BCUT2D eigenvalue weighted by Crippen LogP contribution is 2.58. The number of aryl methyl sites for hydroxylation is 2. The molecule has 9 heteroatoms. The first-order valence-corrected chi connectivity index (χ1v) is 14.4. The predicted octanol–water partition coefficient (Wildman–Crippen LogP) is 5.02. The fourth-order valence-electron chi connectivity index (χ4n) is 6.26. The Morgan fingerprint density at radius 1 is 1.20 bits per heavy atom. The second kappa shape index (κ2) is 10.9. The van der Waals surface area contributed by atoms with Crippen LogP contribution in [-0.4, -0.2) is 31.8 Å². The molecular formula is C31H41FN6O2. The monoisotopic (exact) mass is 548 g/mol. The number of aromatic nitrogens is 4. The van der Waals surface area contributed by atoms with Gasteiger partial charge >= 0.3 is 0 Å². The molecule has 0 atom stereocenters. The lowest BCUT2D eigenvalue weighted by molar-refractivity contribution is 0.0790. The first-order valence-electron chi connectivity index (χ1n) is 14.4. The van der Waals surface area contributed by atoms with Gasteiger partial charge in [0.15, 0.2) is 0 Å². The van der Waals surface area contributed by atoms with Gasteiger partial charge in [-0.05, 0) is 72.4 Å². The molecule has 2 aliphatic rings. The number of benzene rings is 1. The number of hydrogen-bond acceptors (Lipinski definition) is 5. The average molecular weight is 549 g/mol. The van der Waals surface area contributed by atoms with Crippen molar-refractivity contribution in [1.82, 2.24) is 24.6 Å². The van der Waals surface area contributed by atoms with Gasteiger partial charge in [-0.1, -0.05) is 46.6 Å². The zero-order chi connectivity index (χ0) is 28.7. The molecule has 40 heavy (non-hydrogen) atoms. The second-order valence-corrected chi connectivity index (χ2v) is 13.0. The van der Waals surface area contributed by atoms with E-state index in [2.05, 4.69) is 48.5 Å². The van der Waals surface area contributed by atoms with Crippen LogP contribution in [0, 0.1) is 23.1 Å². The van der Waals surface area contributed by atoms with Crippen LogP contribution in [0.15, 0.2) is 41.6 Å². The number of rotatable bonds is 11. The van der Waals surface area contributed by atoms with Gasteiger partial charge in [-0.25, -0.2) is 4.39 Å². The van der Waals surface area contributed by atoms with Gasteiger partial charge in [0, 0.05) is 26.3 Å². The molecule has 0 spiro atoms. The van der Waals surface area contributed by atoms with Gasteiger partial charge in [0.2, 0.25) is 0 Å². The third kappa shape index (κ3) is 5.89. The summed E-state index contributed by atoms with van der Waals surface area (Å²) in [7, 11) is 1.91. The molecule has 1 aromatic carbocycles. The number of nitrogens with zero attached hydrogens (tertiary/aromatic N) is 4. The van der Waals surface area contributed by atoms with E-state index in [4.69, 9.17) is 0 Å². The van der Waals surface area contributed by atoms with Crippen LogP contribution in [0.3, 0.4) is 0 Å². The number of carbonyl (C=O) groups is 1. The van der Waals surface area contributed by atoms with Gasteiger partial charge in [-0.15, -0.1) is 10.2 Å². The topological polar surface area (TPSA) is 93.8 Å². The van der Waals surface area contributed by atoms with Crippen molar-refractivity contribution in [2.45, 2.75) is 78.3 Å². The Morgan fingerprint density at radius 2 is 1.95 bits per heavy atom. The largest absolute Gasteiger partial charge is 0.320 e. The zero-order valence-corrected chi connectivity index (χ0v) is 24.3. The highest BCUT2D eigenvalue weighted by molar-refractivity contribution is 6.04. The molecule has 2 heterocycles. The lowest BCUT2D eigenvalue weighted by Gasteiger charge is -2.52. The van der Waals surface area contributed by atoms with Crippen molar-refractivity contribution in [2.24, 2.45) is 24.3 Å². The molecule has 2 N–H and O–H groups in total. The maximum atomic E-state index is 15.1. The van der Waals surface area contributed by atoms with Crippen molar-refractivity contribution in [3.8, 4) is 0 Å². The summed E-state index contributed by atoms with van der Waals surface area (Å²) in [6.07, 6.45) is 8.47. The molecule has 0 saturated heterocycles. The highest BCUT2D eigenvalue weighted by atomic mass is 19.1. The van der Waals surface area contributed by atoms with Crippen molar-refractivity contribution < 1.29 is 9.18 Å². The standard InChI is InChI=1S/C31H41FN6O2/c1-20(2)14-33-15-22-12-24(28(40)38(16-22)11-10-21-6-7-21)27(39)35-26-13-23(8-9-25(26)32)31(17-30(3,4)18-31)29-36-34-19-37(29)5/h8-9,12-13,16,19-21,33H,6-7,10-11,14-15,17-18H2,1-5H3,(H,35,39). The number of carbonyl (C=O) groups excluding carboxylic acids is 1. The minimum atomic E-state index is -0.603. The van der Waals surface area contributed by atoms with E-state index in [9.17, 15) is 9.59 Å². The summed E-state index contributed by atoms with van der Waals surface area (Å²) in [6, 6.07) is 6.47. The number of nitrogens with one attached hydrogen (secondary N) is 2. The summed E-state index contributed by atoms with van der Waals surface area (Å²) in [6.45, 7) is 10.6. The zero-order valence-electron chi connectivity index (χ0n) is 24.3. The summed E-state index contributed by atoms with van der Waals surface area (Å²) in [5.41, 5.74) is 1.12. The molecule has 214 valence electrons. The molecule has 0 radical (unpaired) electrons. The van der Waals surface area contributed by atoms with Gasteiger partial charge in [-0.3, -0.25) is 9.59 Å². The van der Waals surface area contributed by atoms with Crippen LogP contribution in [0.1, 0.15) is 87.1 Å². The van der Waals surface area contributed by atoms with Gasteiger partial charge in [0.25, 0.3) is 11.5 Å². The molecule has 0 unspecified atom stereocenters. The Morgan fingerprint density at radius 3 is 2.58 bits per heavy atom. The van der Waals surface area contributed by atoms with Crippen LogP contribution in [0.2, 0.25) is 0 Å². The first kappa shape index (κ1) is 28.2. The molecule has 2 aliphatic carbocycles. The van der Waals surface area contributed by atoms with Gasteiger partial charge in [0.1, 0.15) is 23.5 Å². The first-order chi connectivity index (χ1) is 19.0. The third-order valence-corrected chi connectivity index (χ3v) is 8.21. The summed E-state index contributed by atoms with van der Waals surface area (Å²) >= 11 is 0. The Kier molecular flexibility index (Phi) is 7.70. The van der Waals surface area contributed by atoms with Crippen LogP contribution >= 0.6 is 0 Å². The summed E-state index contributed by atoms with van der Waals surface area (Å²) in [5, 5.41) is 14.6. The summed E-state index contributed by atoms with van der Waals surface area (Å²) in [5.74, 6) is 0.795. The molecule has 2 aromatic heterocycles. The lowest BCUT2D eigenvalue weighted by Crippen LogP contribution is -2.49. The smallest absolute Gasteiger partial charge is 0.263 e. The van der Waals surface area contributed by atoms with Crippen LogP contribution in [0.5, 0.6) is 0 Å². The normalized spacial score (nSPS) is 17.6. The van der Waals surface area contributed by atoms with Crippen molar-refractivity contribution in [3.05, 3.63) is 75.5 Å². The number of halogens is 1. The molecule has 5 rings (SSSR count). The van der Waals surface area contributed by atoms with Crippen molar-refractivity contribution in [1.29, 1.82) is 0 Å². The van der Waals surface area contributed by atoms with E-state index >= 15 is 4.39 Å². The van der Waals surface area contributed by atoms with E-state index in [0.717, 1.165) is 42.8 Å². The number of pyridine rings is 1. The van der Waals surface area contributed by atoms with Gasteiger partial charge in [-0.2, -0.15) is 0 Å². The molecule has 0 bridgehead atoms. The van der Waals surface area contributed by atoms with Gasteiger partial charge < -0.3 is 19.8 Å². The quantitative estimate of drug-likeness (QED) is 0.351. The summed E-state index contributed by atoms with van der Waals surface area (Å²) in [4.78, 5) is 26.9. The van der Waals surface area contributed by atoms with E-state index in [1.807, 2.05) is 17.8 Å². The minimum absolute atomic E-state index is 0.0252. The number of amides is 1. The fraction of sp³-hybridized carbons (Fsp3) is 0.548. The molecule has 1 amide bonds. The second-order valence-electron chi connectivity index (χ2n) is 13.0. The van der Waals surface area contributed by atoms with Crippen LogP contribution in [0.4, 0.5) is 10.1 Å². The third-order valence-electron chi connectivity index (χ3n) is 8.21. The van der Waals surface area contributed by atoms with E-state index in [0.29, 0.717) is 24.9 Å². The van der Waals surface area contributed by atoms with Crippen LogP contribution < -0.4 is 16.2 Å². The van der Waals surface area contributed by atoms with Gasteiger partial charge in [0.05, 0.1) is 11.1 Å². The van der Waals surface area contributed by atoms with E-state index in [1.54, 1.807) is 29.1 Å². The molecule has 2 fully saturated rings. The van der Waals surface area contributed by atoms with Crippen molar-refractivity contribution >= 4 is 11.6 Å². The lowest BCUT2D eigenvalue weighted by atomic mass is 9.51. The molecule has 3 aromatic rings. The molecular weight excluding hydrogens is 507 g/mol. The van der Waals surface area contributed by atoms with E-state index in [1.165, 1.54) is 18.9 Å². The van der Waals surface area contributed by atoms with E-state index < -0.39 is 17.1 Å². The fourth-order valence-corrected chi connectivity index (χ4v) is 6.26. The number of anilines is 1. The Hall–Kier alpha value is -3.33. The average Bonchev–Trinajstić information content (AvgIpc) is 3.61. The SMILES string of the molecule is CC(C)CNCc1cc(C(=O)Nc2cc(C3(c4nncn4C)CC(C)(C)C3)ccc2F)c(=O)n(CCC2CC2)c1. The Balaban J connectivity index is 1.44. The highest BCUT2D eigenvalue weighted by Gasteiger charge is 2.54. The van der Waals surface area contributed by atoms with Crippen LogP contribution in [-0.2, 0) is 25.6 Å². The van der Waals surface area contributed by atoms with Crippen LogP contribution in [0.25, 0.3) is 0 Å². The Labute approximate surface area is 235 Å². The van der Waals surface area contributed by atoms with E-state index in [-0.39, 0.29) is 22.2 Å². The maximum Gasteiger partial charge on any atom is 0.263 e. The number of hydrogen-bond donors (Lipinski definition) is 2. The molecule has 2 saturated carbocycles. The molecule has 8 nitrogen and oxygen atoms in total. The van der Waals surface area contributed by atoms with Crippen molar-refractivity contribution in [2.75, 3.05) is 11.9 Å². The molecule has 0 aliphatic heterocycles. The van der Waals surface area contributed by atoms with Crippen molar-refractivity contribution in [3.63, 3.8) is 0 Å². The summed E-state index contributed by atoms with van der Waals surface area (Å²) < 4.78 is 18.7. The predicted molar refractivity (Wildman–Crippen MR) is 154 cm³/mol. The Bertz CT molecular complexity index is 1440.